The van der Waals surface area contributed by atoms with Crippen LogP contribution in [0.3, 0.4) is 0 Å². The van der Waals surface area contributed by atoms with Gasteiger partial charge in [0.25, 0.3) is 0 Å². The van der Waals surface area contributed by atoms with Crippen LogP contribution in [0.4, 0.5) is 0 Å². The zero-order valence-electron chi connectivity index (χ0n) is 7.25. The Morgan fingerprint density at radius 2 is 2.33 bits per heavy atom. The smallest absolute Gasteiger partial charge is 0.139 e. The number of hydrogen-bond donors (Lipinski definition) is 0. The summed E-state index contributed by atoms with van der Waals surface area (Å²) in [6.45, 7) is 0. The molecule has 0 unspecified atom stereocenters. The summed E-state index contributed by atoms with van der Waals surface area (Å²) in [5, 5.41) is 0. The highest BCUT2D eigenvalue weighted by molar-refractivity contribution is 5.88. The van der Waals surface area contributed by atoms with E-state index in [2.05, 4.69) is 12.2 Å². The molecule has 3 aliphatic rings. The Hall–Kier alpha value is -0.590. The Kier molecular flexibility index (Phi) is 1.15. The molecule has 0 N–H and O–H groups in total. The van der Waals surface area contributed by atoms with Crippen LogP contribution in [0.15, 0.2) is 12.2 Å². The van der Waals surface area contributed by atoms with Crippen LogP contribution in [0.25, 0.3) is 0 Å². The fourth-order valence-electron chi connectivity index (χ4n) is 3.52. The molecule has 2 bridgehead atoms. The molecule has 3 atom stereocenters. The highest BCUT2D eigenvalue weighted by Gasteiger charge is 2.54. The van der Waals surface area contributed by atoms with Crippen molar-refractivity contribution in [1.29, 1.82) is 0 Å². The number of Topliss-reactive ketones (excluding diaryl/α,β-unsaturated/α-hetero) is 1. The molecular weight excluding hydrogens is 148 g/mol. The lowest BCUT2D eigenvalue weighted by molar-refractivity contribution is -0.127. The van der Waals surface area contributed by atoms with E-state index in [1.807, 2.05) is 0 Å². The molecule has 0 saturated heterocycles. The molecule has 1 spiro atoms. The molecule has 0 radical (unpaired) electrons. The molecule has 0 aromatic carbocycles. The van der Waals surface area contributed by atoms with E-state index in [-0.39, 0.29) is 5.41 Å². The number of hydrogen-bond acceptors (Lipinski definition) is 1. The van der Waals surface area contributed by atoms with Crippen molar-refractivity contribution >= 4 is 5.78 Å². The Bertz CT molecular complexity index is 266. The second-order valence-corrected chi connectivity index (χ2v) is 4.62. The summed E-state index contributed by atoms with van der Waals surface area (Å²) in [6.07, 6.45) is 10.3. The van der Waals surface area contributed by atoms with Crippen LogP contribution in [0.5, 0.6) is 0 Å². The third-order valence-corrected chi connectivity index (χ3v) is 4.09. The Morgan fingerprint density at radius 1 is 1.42 bits per heavy atom. The lowest BCUT2D eigenvalue weighted by Gasteiger charge is -2.28. The molecule has 1 heteroatoms. The summed E-state index contributed by atoms with van der Waals surface area (Å²) in [5.41, 5.74) is 0.138. The van der Waals surface area contributed by atoms with Gasteiger partial charge in [0, 0.05) is 11.8 Å². The average molecular weight is 162 g/mol. The predicted molar refractivity (Wildman–Crippen MR) is 46.6 cm³/mol. The number of fused-ring (bicyclic) bond motifs is 3. The summed E-state index contributed by atoms with van der Waals surface area (Å²) in [6, 6.07) is 0. The number of allylic oxidation sites excluding steroid dienone is 2. The molecule has 1 nitrogen and oxygen atoms in total. The van der Waals surface area contributed by atoms with Gasteiger partial charge in [-0.25, -0.2) is 0 Å². The standard InChI is InChI=1S/C11H14O/c12-10-2-1-5-11(10)7-8-3-4-9(11)6-8/h3-4,8-9H,1-2,5-7H2/t8-,9+,11-/m0/s1. The highest BCUT2D eigenvalue weighted by Crippen LogP contribution is 2.58. The van der Waals surface area contributed by atoms with Gasteiger partial charge in [-0.05, 0) is 37.5 Å². The molecule has 0 aliphatic heterocycles. The van der Waals surface area contributed by atoms with E-state index >= 15 is 0 Å². The highest BCUT2D eigenvalue weighted by atomic mass is 16.1. The van der Waals surface area contributed by atoms with Crippen LogP contribution in [0.1, 0.15) is 32.1 Å². The molecular formula is C11H14O. The molecule has 3 aliphatic carbocycles. The van der Waals surface area contributed by atoms with Gasteiger partial charge < -0.3 is 0 Å². The first-order valence-electron chi connectivity index (χ1n) is 5.03. The SMILES string of the molecule is O=C1CCC[C@@]12C[C@H]1C=C[C@@H]2C1. The molecule has 0 heterocycles. The van der Waals surface area contributed by atoms with Gasteiger partial charge in [-0.2, -0.15) is 0 Å². The molecule has 0 aromatic rings. The number of carbonyl (C=O) groups is 1. The maximum atomic E-state index is 11.8. The normalized spacial score (nSPS) is 49.8. The molecule has 0 amide bonds. The lowest BCUT2D eigenvalue weighted by Crippen LogP contribution is -2.29. The van der Waals surface area contributed by atoms with Crippen molar-refractivity contribution in [1.82, 2.24) is 0 Å². The zero-order chi connectivity index (χ0) is 8.18. The van der Waals surface area contributed by atoms with E-state index in [1.54, 1.807) is 0 Å². The first-order chi connectivity index (χ1) is 5.81. The summed E-state index contributed by atoms with van der Waals surface area (Å²) >= 11 is 0. The quantitative estimate of drug-likeness (QED) is 0.499. The predicted octanol–water partition coefficient (Wildman–Crippen LogP) is 2.32. The van der Waals surface area contributed by atoms with E-state index in [0.29, 0.717) is 11.7 Å². The third-order valence-electron chi connectivity index (χ3n) is 4.09. The van der Waals surface area contributed by atoms with Crippen molar-refractivity contribution in [3.63, 3.8) is 0 Å². The molecule has 12 heavy (non-hydrogen) atoms. The maximum Gasteiger partial charge on any atom is 0.139 e. The van der Waals surface area contributed by atoms with Gasteiger partial charge >= 0.3 is 0 Å². The molecule has 2 saturated carbocycles. The first kappa shape index (κ1) is 6.88. The van der Waals surface area contributed by atoms with Gasteiger partial charge in [0.2, 0.25) is 0 Å². The summed E-state index contributed by atoms with van der Waals surface area (Å²) in [4.78, 5) is 11.8. The van der Waals surface area contributed by atoms with Gasteiger partial charge in [-0.3, -0.25) is 4.79 Å². The van der Waals surface area contributed by atoms with E-state index < -0.39 is 0 Å². The molecule has 64 valence electrons. The van der Waals surface area contributed by atoms with Crippen LogP contribution >= 0.6 is 0 Å². The fourth-order valence-corrected chi connectivity index (χ4v) is 3.52. The average Bonchev–Trinajstić information content (AvgIpc) is 2.69. The van der Waals surface area contributed by atoms with Gasteiger partial charge in [0.05, 0.1) is 0 Å². The fraction of sp³-hybridized carbons (Fsp3) is 0.727. The Balaban J connectivity index is 2.02. The van der Waals surface area contributed by atoms with Crippen molar-refractivity contribution < 1.29 is 4.79 Å². The van der Waals surface area contributed by atoms with E-state index in [9.17, 15) is 4.79 Å². The van der Waals surface area contributed by atoms with Crippen molar-refractivity contribution in [3.05, 3.63) is 12.2 Å². The first-order valence-corrected chi connectivity index (χ1v) is 5.03. The van der Waals surface area contributed by atoms with Crippen LogP contribution < -0.4 is 0 Å². The Labute approximate surface area is 72.8 Å². The number of rotatable bonds is 0. The van der Waals surface area contributed by atoms with Gasteiger partial charge in [0.1, 0.15) is 5.78 Å². The van der Waals surface area contributed by atoms with Crippen LogP contribution in [-0.4, -0.2) is 5.78 Å². The minimum Gasteiger partial charge on any atom is -0.299 e. The van der Waals surface area contributed by atoms with E-state index in [0.717, 1.165) is 18.8 Å². The van der Waals surface area contributed by atoms with E-state index in [4.69, 9.17) is 0 Å². The number of ketones is 1. The molecule has 3 rings (SSSR count). The second kappa shape index (κ2) is 2.01. The summed E-state index contributed by atoms with van der Waals surface area (Å²) < 4.78 is 0. The minimum atomic E-state index is 0.138. The minimum absolute atomic E-state index is 0.138. The third kappa shape index (κ3) is 0.634. The Morgan fingerprint density at radius 3 is 2.83 bits per heavy atom. The van der Waals surface area contributed by atoms with Crippen molar-refractivity contribution in [2.24, 2.45) is 17.3 Å². The monoisotopic (exact) mass is 162 g/mol. The zero-order valence-corrected chi connectivity index (χ0v) is 7.25. The van der Waals surface area contributed by atoms with Crippen LogP contribution in [-0.2, 0) is 4.79 Å². The van der Waals surface area contributed by atoms with Crippen molar-refractivity contribution in [2.45, 2.75) is 32.1 Å². The summed E-state index contributed by atoms with van der Waals surface area (Å²) in [5.74, 6) is 1.94. The molecule has 0 aromatic heterocycles. The van der Waals surface area contributed by atoms with Gasteiger partial charge in [-0.1, -0.05) is 12.2 Å². The second-order valence-electron chi connectivity index (χ2n) is 4.62. The van der Waals surface area contributed by atoms with Crippen molar-refractivity contribution in [3.8, 4) is 0 Å². The van der Waals surface area contributed by atoms with Crippen LogP contribution in [0, 0.1) is 17.3 Å². The van der Waals surface area contributed by atoms with Gasteiger partial charge in [-0.15, -0.1) is 0 Å². The largest absolute Gasteiger partial charge is 0.299 e. The van der Waals surface area contributed by atoms with Gasteiger partial charge in [0.15, 0.2) is 0 Å². The molecule has 2 fully saturated rings. The summed E-state index contributed by atoms with van der Waals surface area (Å²) in [7, 11) is 0. The topological polar surface area (TPSA) is 17.1 Å². The van der Waals surface area contributed by atoms with Crippen LogP contribution in [0.2, 0.25) is 0 Å². The maximum absolute atomic E-state index is 11.8. The van der Waals surface area contributed by atoms with E-state index in [1.165, 1.54) is 19.3 Å². The number of carbonyl (C=O) groups excluding carboxylic acids is 1. The van der Waals surface area contributed by atoms with Crippen molar-refractivity contribution in [2.75, 3.05) is 0 Å². The lowest BCUT2D eigenvalue weighted by atomic mass is 9.74.